The molecule has 4 nitrogen and oxygen atoms in total. The second-order valence-electron chi connectivity index (χ2n) is 19.7. The van der Waals surface area contributed by atoms with Gasteiger partial charge in [-0.15, -0.1) is 0 Å². The van der Waals surface area contributed by atoms with E-state index in [-0.39, 0.29) is 21.7 Å². The van der Waals surface area contributed by atoms with Gasteiger partial charge in [-0.2, -0.15) is 0 Å². The Labute approximate surface area is 252 Å². The van der Waals surface area contributed by atoms with Crippen molar-refractivity contribution in [2.24, 2.45) is 21.7 Å². The van der Waals surface area contributed by atoms with Gasteiger partial charge < -0.3 is 16.5 Å². The third-order valence-electron chi connectivity index (χ3n) is 9.29. The first-order valence-corrected chi connectivity index (χ1v) is 25.3. The number of rotatable bonds is 8. The molecular weight excluding hydrogens is 561 g/mol. The highest BCUT2D eigenvalue weighted by Crippen LogP contribution is 2.66. The minimum Gasteiger partial charge on any atom is -0.415 e. The van der Waals surface area contributed by atoms with Crippen molar-refractivity contribution in [3.05, 3.63) is 0 Å². The third kappa shape index (κ3) is 7.67. The molecule has 5 fully saturated rings. The van der Waals surface area contributed by atoms with Crippen molar-refractivity contribution in [3.8, 4) is 0 Å². The first-order chi connectivity index (χ1) is 18.1. The summed E-state index contributed by atoms with van der Waals surface area (Å²) in [5, 5.41) is 0. The average molecular weight is 625 g/mol. The molecule has 0 spiro atoms. The molecule has 0 unspecified atom stereocenters. The molecule has 0 N–H and O–H groups in total. The molecule has 8 heteroatoms. The Hall–Kier alpha value is 0.708. The summed E-state index contributed by atoms with van der Waals surface area (Å²) in [4.78, 5) is 0. The number of hydrogen-bond donors (Lipinski definition) is 0. The molecule has 5 aliphatic rings. The van der Waals surface area contributed by atoms with E-state index in [1.165, 1.54) is 51.4 Å². The van der Waals surface area contributed by atoms with Crippen molar-refractivity contribution in [2.45, 2.75) is 181 Å². The summed E-state index contributed by atoms with van der Waals surface area (Å²) in [5.41, 5.74) is 3.15. The summed E-state index contributed by atoms with van der Waals surface area (Å²) in [5.74, 6) is 0. The lowest BCUT2D eigenvalue weighted by Crippen LogP contribution is -2.72. The van der Waals surface area contributed by atoms with E-state index < -0.39 is 34.2 Å². The fourth-order valence-electron chi connectivity index (χ4n) is 7.84. The maximum absolute atomic E-state index is 8.18. The lowest BCUT2D eigenvalue weighted by atomic mass is 10.0. The van der Waals surface area contributed by atoms with Crippen molar-refractivity contribution in [1.29, 1.82) is 0 Å². The maximum Gasteiger partial charge on any atom is 0.324 e. The van der Waals surface area contributed by atoms with Crippen LogP contribution in [0.1, 0.15) is 134 Å². The minimum absolute atomic E-state index is 0.168. The molecule has 4 saturated carbocycles. The first kappa shape index (κ1) is 32.1. The van der Waals surface area contributed by atoms with Gasteiger partial charge in [0.15, 0.2) is 0 Å². The molecule has 5 rings (SSSR count). The zero-order valence-electron chi connectivity index (χ0n) is 28.4. The summed E-state index contributed by atoms with van der Waals surface area (Å²) < 4.78 is 32.7. The molecular formula is C32H64O4Si4. The van der Waals surface area contributed by atoms with Gasteiger partial charge in [-0.3, -0.25) is 0 Å². The van der Waals surface area contributed by atoms with Crippen LogP contribution in [0.4, 0.5) is 0 Å². The molecule has 0 aromatic heterocycles. The van der Waals surface area contributed by atoms with E-state index >= 15 is 0 Å². The van der Waals surface area contributed by atoms with Gasteiger partial charge in [0.1, 0.15) is 0 Å². The van der Waals surface area contributed by atoms with Crippen LogP contribution in [0.25, 0.3) is 0 Å². The monoisotopic (exact) mass is 624 g/mol. The molecule has 0 aromatic carbocycles. The topological polar surface area (TPSA) is 36.9 Å². The Morgan fingerprint density at radius 1 is 0.350 bits per heavy atom. The fourth-order valence-corrected chi connectivity index (χ4v) is 38.3. The lowest BCUT2D eigenvalue weighted by molar-refractivity contribution is 0.177. The summed E-state index contributed by atoms with van der Waals surface area (Å²) >= 11 is 0. The Balaban J connectivity index is 1.72. The van der Waals surface area contributed by atoms with E-state index in [2.05, 4.69) is 83.1 Å². The maximum atomic E-state index is 8.18. The zero-order chi connectivity index (χ0) is 29.6. The quantitative estimate of drug-likeness (QED) is 0.252. The van der Waals surface area contributed by atoms with E-state index in [1.807, 2.05) is 0 Å². The molecule has 1 saturated heterocycles. The summed E-state index contributed by atoms with van der Waals surface area (Å²) in [6.45, 7) is 29.1. The van der Waals surface area contributed by atoms with Crippen molar-refractivity contribution < 1.29 is 16.5 Å². The molecule has 0 amide bonds. The van der Waals surface area contributed by atoms with Gasteiger partial charge in [0, 0.05) is 22.2 Å². The lowest BCUT2D eigenvalue weighted by Gasteiger charge is -2.57. The van der Waals surface area contributed by atoms with Crippen LogP contribution in [0.2, 0.25) is 46.3 Å². The van der Waals surface area contributed by atoms with E-state index in [1.54, 1.807) is 0 Å². The predicted octanol–water partition coefficient (Wildman–Crippen LogP) is 10.7. The van der Waals surface area contributed by atoms with Crippen LogP contribution >= 0.6 is 0 Å². The van der Waals surface area contributed by atoms with E-state index in [9.17, 15) is 0 Å². The molecule has 232 valence electrons. The molecule has 1 heterocycles. The first-order valence-electron chi connectivity index (χ1n) is 16.9. The van der Waals surface area contributed by atoms with Crippen LogP contribution < -0.4 is 0 Å². The zero-order valence-corrected chi connectivity index (χ0v) is 32.4. The molecule has 40 heavy (non-hydrogen) atoms. The largest absolute Gasteiger partial charge is 0.415 e. The van der Waals surface area contributed by atoms with Gasteiger partial charge in [0.05, 0.1) is 0 Å². The van der Waals surface area contributed by atoms with Crippen LogP contribution in [-0.2, 0) is 16.5 Å². The van der Waals surface area contributed by atoms with Crippen LogP contribution in [-0.4, -0.2) is 34.2 Å². The predicted molar refractivity (Wildman–Crippen MR) is 176 cm³/mol. The second kappa shape index (κ2) is 10.1. The van der Waals surface area contributed by atoms with E-state index in [4.69, 9.17) is 16.5 Å². The van der Waals surface area contributed by atoms with Crippen LogP contribution in [0.3, 0.4) is 0 Å². The summed E-state index contributed by atoms with van der Waals surface area (Å²) in [7, 11) is -10.5. The Kier molecular flexibility index (Phi) is 8.12. The highest BCUT2D eigenvalue weighted by Gasteiger charge is 2.74. The molecule has 1 aliphatic heterocycles. The van der Waals surface area contributed by atoms with Gasteiger partial charge in [0.25, 0.3) is 0 Å². The summed E-state index contributed by atoms with van der Waals surface area (Å²) in [6, 6.07) is 4.36. The van der Waals surface area contributed by atoms with Crippen LogP contribution in [0.5, 0.6) is 0 Å². The standard InChI is InChI=1S/C32H64O4Si4/c1-29(2,3)21-37(25-13-14-25)33-38(26-15-16-26,22-30(4,5)6)35-40(28-19-20-28,24-32(10,11)12)36-39(34-37,27-17-18-27)23-31(7,8)9/h25-28H,13-24H2,1-12H3. The van der Waals surface area contributed by atoms with E-state index in [0.29, 0.717) is 22.2 Å². The van der Waals surface area contributed by atoms with Crippen molar-refractivity contribution >= 4 is 34.2 Å². The van der Waals surface area contributed by atoms with Crippen molar-refractivity contribution in [3.63, 3.8) is 0 Å². The Morgan fingerprint density at radius 2 is 0.500 bits per heavy atom. The van der Waals surface area contributed by atoms with Crippen LogP contribution in [0.15, 0.2) is 0 Å². The van der Waals surface area contributed by atoms with Crippen molar-refractivity contribution in [2.75, 3.05) is 0 Å². The van der Waals surface area contributed by atoms with Crippen LogP contribution in [0, 0.1) is 21.7 Å². The highest BCUT2D eigenvalue weighted by molar-refractivity contribution is 6.97. The van der Waals surface area contributed by atoms with Gasteiger partial charge in [-0.05, 0) is 97.2 Å². The minimum atomic E-state index is -2.62. The van der Waals surface area contributed by atoms with Crippen molar-refractivity contribution in [1.82, 2.24) is 0 Å². The second-order valence-corrected chi connectivity index (χ2v) is 34.1. The normalized spacial score (nSPS) is 38.7. The van der Waals surface area contributed by atoms with E-state index in [0.717, 1.165) is 24.2 Å². The van der Waals surface area contributed by atoms with Gasteiger partial charge in [-0.1, -0.05) is 83.1 Å². The molecule has 4 aliphatic carbocycles. The van der Waals surface area contributed by atoms with Gasteiger partial charge in [-0.25, -0.2) is 0 Å². The summed E-state index contributed by atoms with van der Waals surface area (Å²) in [6.07, 6.45) is 10.3. The fraction of sp³-hybridized carbons (Fsp3) is 1.00. The molecule has 0 aromatic rings. The Bertz CT molecular complexity index is 765. The third-order valence-corrected chi connectivity index (χ3v) is 33.8. The number of hydrogen-bond acceptors (Lipinski definition) is 4. The Morgan fingerprint density at radius 3 is 0.600 bits per heavy atom. The molecule has 0 radical (unpaired) electrons. The molecule has 0 atom stereocenters. The van der Waals surface area contributed by atoms with Gasteiger partial charge >= 0.3 is 34.2 Å². The SMILES string of the molecule is CC(C)(C)C[Si]1(C2CC2)O[Si](CC(C)(C)C)(C2CC2)O[Si](CC(C)(C)C)(C2CC2)O[Si](CC(C)(C)C)(C2CC2)O1. The highest BCUT2D eigenvalue weighted by atomic mass is 28.5. The molecule has 0 bridgehead atoms. The average Bonchev–Trinajstić information content (AvgIpc) is 3.57. The van der Waals surface area contributed by atoms with Gasteiger partial charge in [0.2, 0.25) is 0 Å². The smallest absolute Gasteiger partial charge is 0.324 e.